The summed E-state index contributed by atoms with van der Waals surface area (Å²) < 4.78 is 9.02. The van der Waals surface area contributed by atoms with Crippen molar-refractivity contribution in [3.8, 4) is 10.7 Å². The van der Waals surface area contributed by atoms with Crippen molar-refractivity contribution in [3.63, 3.8) is 0 Å². The highest BCUT2D eigenvalue weighted by molar-refractivity contribution is 7.13. The SMILES string of the molecule is Cc1nnsc1C(=O)NCCCCCc1nc(-c2cccs2)no1. The molecule has 0 spiro atoms. The molecule has 0 aliphatic heterocycles. The zero-order chi connectivity index (χ0) is 16.8. The third-order valence-corrected chi connectivity index (χ3v) is 5.11. The van der Waals surface area contributed by atoms with Crippen molar-refractivity contribution >= 4 is 28.8 Å². The van der Waals surface area contributed by atoms with Gasteiger partial charge in [0.2, 0.25) is 11.7 Å². The molecule has 3 aromatic heterocycles. The van der Waals surface area contributed by atoms with Gasteiger partial charge in [0.15, 0.2) is 0 Å². The summed E-state index contributed by atoms with van der Waals surface area (Å²) in [7, 11) is 0. The van der Waals surface area contributed by atoms with Crippen molar-refractivity contribution in [2.24, 2.45) is 0 Å². The number of hydrogen-bond acceptors (Lipinski definition) is 8. The fraction of sp³-hybridized carbons (Fsp3) is 0.400. The number of aromatic nitrogens is 4. The number of carbonyl (C=O) groups is 1. The average Bonchev–Trinajstić information content (AvgIpc) is 3.30. The zero-order valence-electron chi connectivity index (χ0n) is 13.2. The fourth-order valence-corrected chi connectivity index (χ4v) is 3.38. The van der Waals surface area contributed by atoms with Crippen molar-refractivity contribution in [1.82, 2.24) is 25.0 Å². The molecule has 126 valence electrons. The second-order valence-electron chi connectivity index (χ2n) is 5.24. The smallest absolute Gasteiger partial charge is 0.264 e. The molecule has 0 fully saturated rings. The van der Waals surface area contributed by atoms with Gasteiger partial charge in [-0.1, -0.05) is 22.1 Å². The first-order valence-corrected chi connectivity index (χ1v) is 9.33. The van der Waals surface area contributed by atoms with E-state index in [9.17, 15) is 4.79 Å². The van der Waals surface area contributed by atoms with Gasteiger partial charge in [-0.3, -0.25) is 4.79 Å². The Bertz CT molecular complexity index is 782. The van der Waals surface area contributed by atoms with Crippen LogP contribution in [0.1, 0.15) is 40.5 Å². The number of rotatable bonds is 8. The Morgan fingerprint density at radius 1 is 1.33 bits per heavy atom. The molecule has 0 aliphatic carbocycles. The molecule has 3 heterocycles. The number of hydrogen-bond donors (Lipinski definition) is 1. The van der Waals surface area contributed by atoms with Crippen LogP contribution in [0.25, 0.3) is 10.7 Å². The van der Waals surface area contributed by atoms with E-state index >= 15 is 0 Å². The number of carbonyl (C=O) groups excluding carboxylic acids is 1. The van der Waals surface area contributed by atoms with E-state index in [0.717, 1.165) is 42.1 Å². The van der Waals surface area contributed by atoms with Crippen LogP contribution in [-0.2, 0) is 6.42 Å². The standard InChI is InChI=1S/C15H17N5O2S2/c1-10-13(24-20-18-10)15(21)16-8-4-2-3-7-12-17-14(19-22-12)11-6-5-9-23-11/h5-6,9H,2-4,7-8H2,1H3,(H,16,21). The molecule has 1 N–H and O–H groups in total. The van der Waals surface area contributed by atoms with Crippen LogP contribution in [0, 0.1) is 6.92 Å². The lowest BCUT2D eigenvalue weighted by Crippen LogP contribution is -2.24. The average molecular weight is 363 g/mol. The molecular weight excluding hydrogens is 346 g/mol. The topological polar surface area (TPSA) is 93.8 Å². The number of unbranched alkanes of at least 4 members (excludes halogenated alkanes) is 2. The van der Waals surface area contributed by atoms with Crippen molar-refractivity contribution in [2.75, 3.05) is 6.54 Å². The molecule has 0 saturated carbocycles. The summed E-state index contributed by atoms with van der Waals surface area (Å²) in [5.74, 6) is 1.22. The molecule has 0 aliphatic rings. The van der Waals surface area contributed by atoms with Crippen molar-refractivity contribution in [3.05, 3.63) is 34.0 Å². The second kappa shape index (κ2) is 8.11. The largest absolute Gasteiger partial charge is 0.351 e. The maximum atomic E-state index is 11.9. The molecule has 9 heteroatoms. The van der Waals surface area contributed by atoms with Crippen LogP contribution in [-0.4, -0.2) is 32.2 Å². The first-order chi connectivity index (χ1) is 11.7. The molecule has 24 heavy (non-hydrogen) atoms. The van der Waals surface area contributed by atoms with Gasteiger partial charge in [0.1, 0.15) is 4.88 Å². The normalized spacial score (nSPS) is 10.9. The Labute approximate surface area is 147 Å². The van der Waals surface area contributed by atoms with Crippen LogP contribution in [0.5, 0.6) is 0 Å². The summed E-state index contributed by atoms with van der Waals surface area (Å²) in [6, 6.07) is 3.94. The van der Waals surface area contributed by atoms with Crippen LogP contribution >= 0.6 is 22.9 Å². The maximum Gasteiger partial charge on any atom is 0.264 e. The monoisotopic (exact) mass is 363 g/mol. The Morgan fingerprint density at radius 3 is 3.00 bits per heavy atom. The molecule has 1 amide bonds. The molecule has 0 unspecified atom stereocenters. The summed E-state index contributed by atoms with van der Waals surface area (Å²) in [6.07, 6.45) is 3.59. The van der Waals surface area contributed by atoms with E-state index in [0.29, 0.717) is 28.8 Å². The van der Waals surface area contributed by atoms with E-state index in [1.54, 1.807) is 18.3 Å². The Hall–Kier alpha value is -2.13. The molecule has 7 nitrogen and oxygen atoms in total. The predicted molar refractivity (Wildman–Crippen MR) is 92.1 cm³/mol. The third kappa shape index (κ3) is 4.24. The highest BCUT2D eigenvalue weighted by atomic mass is 32.1. The van der Waals surface area contributed by atoms with Crippen LogP contribution in [0.3, 0.4) is 0 Å². The molecular formula is C15H17N5O2S2. The van der Waals surface area contributed by atoms with Crippen molar-refractivity contribution in [1.29, 1.82) is 0 Å². The quantitative estimate of drug-likeness (QED) is 0.618. The molecule has 0 radical (unpaired) electrons. The lowest BCUT2D eigenvalue weighted by molar-refractivity contribution is 0.0956. The van der Waals surface area contributed by atoms with Crippen LogP contribution in [0.15, 0.2) is 22.0 Å². The highest BCUT2D eigenvalue weighted by Gasteiger charge is 2.12. The van der Waals surface area contributed by atoms with Crippen molar-refractivity contribution in [2.45, 2.75) is 32.6 Å². The summed E-state index contributed by atoms with van der Waals surface area (Å²) in [5.41, 5.74) is 0.676. The van der Waals surface area contributed by atoms with Gasteiger partial charge in [0, 0.05) is 13.0 Å². The first-order valence-electron chi connectivity index (χ1n) is 7.67. The van der Waals surface area contributed by atoms with Crippen LogP contribution < -0.4 is 5.32 Å². The molecule has 0 bridgehead atoms. The van der Waals surface area contributed by atoms with Gasteiger partial charge in [-0.2, -0.15) is 4.98 Å². The number of nitrogens with zero attached hydrogens (tertiary/aromatic N) is 4. The van der Waals surface area contributed by atoms with E-state index in [-0.39, 0.29) is 5.91 Å². The number of thiophene rings is 1. The third-order valence-electron chi connectivity index (χ3n) is 3.42. The summed E-state index contributed by atoms with van der Waals surface area (Å²) >= 11 is 2.72. The van der Waals surface area contributed by atoms with Gasteiger partial charge in [0.05, 0.1) is 10.6 Å². The Kier molecular flexibility index (Phi) is 5.65. The minimum absolute atomic E-state index is 0.0972. The number of aryl methyl sites for hydroxylation is 2. The lowest BCUT2D eigenvalue weighted by atomic mass is 10.2. The molecule has 0 aromatic carbocycles. The van der Waals surface area contributed by atoms with E-state index < -0.39 is 0 Å². The predicted octanol–water partition coefficient (Wildman–Crippen LogP) is 3.10. The lowest BCUT2D eigenvalue weighted by Gasteiger charge is -2.03. The Balaban J connectivity index is 1.33. The van der Waals surface area contributed by atoms with E-state index in [2.05, 4.69) is 25.0 Å². The zero-order valence-corrected chi connectivity index (χ0v) is 14.8. The summed E-state index contributed by atoms with van der Waals surface area (Å²) in [6.45, 7) is 2.42. The molecule has 0 saturated heterocycles. The minimum Gasteiger partial charge on any atom is -0.351 e. The van der Waals surface area contributed by atoms with Crippen molar-refractivity contribution < 1.29 is 9.32 Å². The molecule has 3 rings (SSSR count). The van der Waals surface area contributed by atoms with Gasteiger partial charge >= 0.3 is 0 Å². The van der Waals surface area contributed by atoms with Gasteiger partial charge in [0.25, 0.3) is 5.91 Å². The first kappa shape index (κ1) is 16.7. The Morgan fingerprint density at radius 2 is 2.25 bits per heavy atom. The van der Waals surface area contributed by atoms with Gasteiger partial charge < -0.3 is 9.84 Å². The summed E-state index contributed by atoms with van der Waals surface area (Å²) in [4.78, 5) is 17.9. The maximum absolute atomic E-state index is 11.9. The van der Waals surface area contributed by atoms with E-state index in [4.69, 9.17) is 4.52 Å². The van der Waals surface area contributed by atoms with Gasteiger partial charge in [-0.25, -0.2) is 0 Å². The minimum atomic E-state index is -0.0972. The molecule has 0 atom stereocenters. The number of amides is 1. The number of nitrogens with one attached hydrogen (secondary N) is 1. The second-order valence-corrected chi connectivity index (χ2v) is 6.94. The van der Waals surface area contributed by atoms with Crippen LogP contribution in [0.4, 0.5) is 0 Å². The van der Waals surface area contributed by atoms with Gasteiger partial charge in [-0.05, 0) is 42.7 Å². The van der Waals surface area contributed by atoms with E-state index in [1.165, 1.54) is 0 Å². The molecule has 3 aromatic rings. The van der Waals surface area contributed by atoms with E-state index in [1.807, 2.05) is 17.5 Å². The van der Waals surface area contributed by atoms with Crippen LogP contribution in [0.2, 0.25) is 0 Å². The van der Waals surface area contributed by atoms with Gasteiger partial charge in [-0.15, -0.1) is 16.4 Å². The fourth-order valence-electron chi connectivity index (χ4n) is 2.16. The highest BCUT2D eigenvalue weighted by Crippen LogP contribution is 2.21. The summed E-state index contributed by atoms with van der Waals surface area (Å²) in [5, 5.41) is 12.7.